The van der Waals surface area contributed by atoms with Gasteiger partial charge >= 0.3 is 13.6 Å². The topological polar surface area (TPSA) is 83.8 Å². The van der Waals surface area contributed by atoms with E-state index >= 15 is 0 Å². The molecule has 5 nitrogen and oxygen atoms in total. The molecular weight excluding hydrogens is 291 g/mol. The first-order valence-electron chi connectivity index (χ1n) is 7.21. The Morgan fingerprint density at radius 1 is 1.29 bits per heavy atom. The van der Waals surface area contributed by atoms with Crippen molar-refractivity contribution in [2.75, 3.05) is 6.16 Å². The Bertz CT molecular complexity index is 474. The predicted octanol–water partition coefficient (Wildman–Crippen LogP) is 3.46. The maximum absolute atomic E-state index is 12.0. The number of carbonyl (C=O) groups is 1. The molecule has 0 radical (unpaired) electrons. The van der Waals surface area contributed by atoms with Crippen LogP contribution in [0.2, 0.25) is 0 Å². The van der Waals surface area contributed by atoms with Crippen molar-refractivity contribution >= 4 is 13.6 Å². The van der Waals surface area contributed by atoms with Gasteiger partial charge in [0, 0.05) is 0 Å². The molecule has 0 aliphatic carbocycles. The van der Waals surface area contributed by atoms with E-state index in [1.54, 1.807) is 0 Å². The average Bonchev–Trinajstić information content (AvgIpc) is 2.44. The van der Waals surface area contributed by atoms with Crippen LogP contribution in [0.25, 0.3) is 0 Å². The van der Waals surface area contributed by atoms with E-state index in [1.165, 1.54) is 0 Å². The van der Waals surface area contributed by atoms with E-state index in [4.69, 9.17) is 9.63 Å². The number of rotatable bonds is 10. The smallest absolute Gasteiger partial charge is 0.333 e. The summed E-state index contributed by atoms with van der Waals surface area (Å²) in [6.45, 7) is 1.93. The van der Waals surface area contributed by atoms with Crippen LogP contribution in [-0.2, 0) is 20.3 Å². The van der Waals surface area contributed by atoms with Gasteiger partial charge in [-0.05, 0) is 24.8 Å². The summed E-state index contributed by atoms with van der Waals surface area (Å²) in [4.78, 5) is 20.8. The lowest BCUT2D eigenvalue weighted by Crippen LogP contribution is -2.23. The molecule has 6 heteroatoms. The zero-order valence-corrected chi connectivity index (χ0v) is 13.2. The van der Waals surface area contributed by atoms with Gasteiger partial charge in [-0.25, -0.2) is 4.79 Å². The minimum atomic E-state index is -3.86. The van der Waals surface area contributed by atoms with Crippen molar-refractivity contribution in [1.29, 1.82) is 0 Å². The van der Waals surface area contributed by atoms with Gasteiger partial charge in [-0.3, -0.25) is 9.09 Å². The Kier molecular flexibility index (Phi) is 7.65. The Morgan fingerprint density at radius 3 is 2.52 bits per heavy atom. The molecule has 1 rings (SSSR count). The Labute approximate surface area is 125 Å². The van der Waals surface area contributed by atoms with Crippen molar-refractivity contribution in [2.24, 2.45) is 0 Å². The zero-order chi connectivity index (χ0) is 15.7. The van der Waals surface area contributed by atoms with Gasteiger partial charge in [-0.1, -0.05) is 50.1 Å². The van der Waals surface area contributed by atoms with Crippen molar-refractivity contribution in [2.45, 2.75) is 45.1 Å². The highest BCUT2D eigenvalue weighted by molar-refractivity contribution is 7.52. The fourth-order valence-electron chi connectivity index (χ4n) is 1.99. The molecule has 0 aromatic heterocycles. The van der Waals surface area contributed by atoms with Gasteiger partial charge in [0.15, 0.2) is 6.10 Å². The second-order valence-electron chi connectivity index (χ2n) is 5.02. The molecule has 1 unspecified atom stereocenters. The van der Waals surface area contributed by atoms with E-state index < -0.39 is 19.7 Å². The van der Waals surface area contributed by atoms with E-state index in [0.29, 0.717) is 19.3 Å². The Balaban J connectivity index is 2.44. The minimum Gasteiger partial charge on any atom is -0.479 e. The average molecular weight is 314 g/mol. The molecule has 0 amide bonds. The first kappa shape index (κ1) is 17.9. The number of hydrogen-bond acceptors (Lipinski definition) is 3. The van der Waals surface area contributed by atoms with Crippen molar-refractivity contribution in [3.05, 3.63) is 35.9 Å². The maximum Gasteiger partial charge on any atom is 0.333 e. The van der Waals surface area contributed by atoms with Crippen LogP contribution in [0.3, 0.4) is 0 Å². The molecule has 0 aliphatic heterocycles. The lowest BCUT2D eigenvalue weighted by Gasteiger charge is -2.18. The van der Waals surface area contributed by atoms with E-state index in [9.17, 15) is 14.3 Å². The fourth-order valence-corrected chi connectivity index (χ4v) is 3.25. The van der Waals surface area contributed by atoms with Crippen LogP contribution in [0, 0.1) is 0 Å². The molecule has 21 heavy (non-hydrogen) atoms. The molecule has 118 valence electrons. The number of hydrogen-bond donors (Lipinski definition) is 2. The van der Waals surface area contributed by atoms with Crippen LogP contribution >= 0.6 is 7.60 Å². The summed E-state index contributed by atoms with van der Waals surface area (Å²) in [7, 11) is -3.86. The standard InChI is InChI=1S/C15H23O5P/c1-2-3-11-14(15(16)17)20-21(18,19)12-7-10-13-8-5-4-6-9-13/h4-6,8-9,14H,2-3,7,10-12H2,1H3,(H,16,17)(H,18,19)/t14-/m1/s1. The van der Waals surface area contributed by atoms with Crippen molar-refractivity contribution in [1.82, 2.24) is 0 Å². The highest BCUT2D eigenvalue weighted by atomic mass is 31.2. The van der Waals surface area contributed by atoms with Crippen LogP contribution < -0.4 is 0 Å². The van der Waals surface area contributed by atoms with Gasteiger partial charge < -0.3 is 10.00 Å². The summed E-state index contributed by atoms with van der Waals surface area (Å²) in [6.07, 6.45) is 1.65. The van der Waals surface area contributed by atoms with Crippen LogP contribution in [-0.4, -0.2) is 28.2 Å². The largest absolute Gasteiger partial charge is 0.479 e. The van der Waals surface area contributed by atoms with Crippen molar-refractivity contribution < 1.29 is 23.9 Å². The minimum absolute atomic E-state index is 0.0300. The summed E-state index contributed by atoms with van der Waals surface area (Å²) in [5.41, 5.74) is 1.08. The zero-order valence-electron chi connectivity index (χ0n) is 12.3. The van der Waals surface area contributed by atoms with E-state index in [-0.39, 0.29) is 12.6 Å². The van der Waals surface area contributed by atoms with Gasteiger partial charge in [0.05, 0.1) is 6.16 Å². The summed E-state index contributed by atoms with van der Waals surface area (Å²) < 4.78 is 16.9. The summed E-state index contributed by atoms with van der Waals surface area (Å²) >= 11 is 0. The Morgan fingerprint density at radius 2 is 1.95 bits per heavy atom. The van der Waals surface area contributed by atoms with Crippen LogP contribution in [0.1, 0.15) is 38.2 Å². The quantitative estimate of drug-likeness (QED) is 0.646. The normalized spacial score (nSPS) is 15.3. The number of carboxylic acid groups (broad SMARTS) is 1. The summed E-state index contributed by atoms with van der Waals surface area (Å²) in [5, 5.41) is 9.01. The third-order valence-electron chi connectivity index (χ3n) is 3.14. The van der Waals surface area contributed by atoms with Gasteiger partial charge in [0.2, 0.25) is 0 Å². The predicted molar refractivity (Wildman–Crippen MR) is 81.5 cm³/mol. The molecule has 0 bridgehead atoms. The van der Waals surface area contributed by atoms with Crippen LogP contribution in [0.5, 0.6) is 0 Å². The molecular formula is C15H23O5P. The summed E-state index contributed by atoms with van der Waals surface area (Å²) in [5.74, 6) is -1.18. The van der Waals surface area contributed by atoms with E-state index in [2.05, 4.69) is 0 Å². The van der Waals surface area contributed by atoms with Crippen LogP contribution in [0.15, 0.2) is 30.3 Å². The van der Waals surface area contributed by atoms with Gasteiger partial charge in [-0.15, -0.1) is 0 Å². The van der Waals surface area contributed by atoms with Gasteiger partial charge in [0.25, 0.3) is 0 Å². The molecule has 1 aromatic rings. The molecule has 1 aromatic carbocycles. The van der Waals surface area contributed by atoms with Crippen LogP contribution in [0.4, 0.5) is 0 Å². The van der Waals surface area contributed by atoms with Gasteiger partial charge in [0.1, 0.15) is 0 Å². The molecule has 0 heterocycles. The molecule has 0 aliphatic rings. The number of aliphatic carboxylic acids is 1. The molecule has 2 atom stereocenters. The number of unbranched alkanes of at least 4 members (excludes halogenated alkanes) is 1. The SMILES string of the molecule is CCCC[C@@H](OP(=O)(O)CCCc1ccccc1)C(=O)O. The van der Waals surface area contributed by atoms with Crippen molar-refractivity contribution in [3.8, 4) is 0 Å². The molecule has 0 saturated carbocycles. The number of carboxylic acids is 1. The third-order valence-corrected chi connectivity index (χ3v) is 4.60. The first-order chi connectivity index (χ1) is 9.94. The highest BCUT2D eigenvalue weighted by Crippen LogP contribution is 2.44. The first-order valence-corrected chi connectivity index (χ1v) is 8.98. The Hall–Kier alpha value is -1.16. The molecule has 2 N–H and O–H groups in total. The lowest BCUT2D eigenvalue weighted by atomic mass is 10.1. The summed E-state index contributed by atoms with van der Waals surface area (Å²) in [6, 6.07) is 9.63. The van der Waals surface area contributed by atoms with Crippen molar-refractivity contribution in [3.63, 3.8) is 0 Å². The third kappa shape index (κ3) is 7.42. The highest BCUT2D eigenvalue weighted by Gasteiger charge is 2.28. The number of benzene rings is 1. The second-order valence-corrected chi connectivity index (χ2v) is 6.96. The maximum atomic E-state index is 12.0. The van der Waals surface area contributed by atoms with Gasteiger partial charge in [-0.2, -0.15) is 0 Å². The second kappa shape index (κ2) is 8.98. The fraction of sp³-hybridized carbons (Fsp3) is 0.533. The molecule has 0 fully saturated rings. The number of aryl methyl sites for hydroxylation is 1. The molecule has 0 saturated heterocycles. The lowest BCUT2D eigenvalue weighted by molar-refractivity contribution is -0.145. The van der Waals surface area contributed by atoms with E-state index in [1.807, 2.05) is 37.3 Å². The molecule has 0 spiro atoms. The monoisotopic (exact) mass is 314 g/mol. The van der Waals surface area contributed by atoms with E-state index in [0.717, 1.165) is 12.0 Å².